The van der Waals surface area contributed by atoms with Crippen LogP contribution in [0, 0.1) is 11.8 Å². The van der Waals surface area contributed by atoms with Gasteiger partial charge in [-0.05, 0) is 29.9 Å². The summed E-state index contributed by atoms with van der Waals surface area (Å²) in [5.74, 6) is 0.110. The minimum absolute atomic E-state index is 0.0228. The highest BCUT2D eigenvalue weighted by molar-refractivity contribution is 5.91. The van der Waals surface area contributed by atoms with Gasteiger partial charge in [-0.25, -0.2) is 0 Å². The molecule has 0 saturated heterocycles. The number of hydrogen-bond acceptors (Lipinski definition) is 3. The zero-order chi connectivity index (χ0) is 18.8. The molecule has 0 aliphatic carbocycles. The Bertz CT molecular complexity index is 568. The molecule has 0 heterocycles. The monoisotopic (exact) mass is 345 g/mol. The summed E-state index contributed by atoms with van der Waals surface area (Å²) in [6.07, 6.45) is 3.98. The molecule has 1 aromatic rings. The Kier molecular flexibility index (Phi) is 8.92. The molecule has 4 N–H and O–H groups in total. The maximum absolute atomic E-state index is 12.0. The molecule has 0 spiro atoms. The summed E-state index contributed by atoms with van der Waals surface area (Å²) in [6, 6.07) is 9.25. The van der Waals surface area contributed by atoms with Gasteiger partial charge in [-0.3, -0.25) is 9.59 Å². The maximum Gasteiger partial charge on any atom is 0.244 e. The van der Waals surface area contributed by atoms with E-state index in [0.717, 1.165) is 5.56 Å². The third-order valence-corrected chi connectivity index (χ3v) is 3.99. The summed E-state index contributed by atoms with van der Waals surface area (Å²) in [5.41, 5.74) is 6.48. The van der Waals surface area contributed by atoms with Crippen molar-refractivity contribution in [2.45, 2.75) is 46.2 Å². The second kappa shape index (κ2) is 10.7. The number of benzene rings is 1. The number of amides is 2. The zero-order valence-electron chi connectivity index (χ0n) is 15.7. The average Bonchev–Trinajstić information content (AvgIpc) is 2.55. The van der Waals surface area contributed by atoms with Crippen molar-refractivity contribution in [2.75, 3.05) is 6.54 Å². The molecule has 25 heavy (non-hydrogen) atoms. The van der Waals surface area contributed by atoms with E-state index in [4.69, 9.17) is 5.73 Å². The molecule has 1 rings (SSSR count). The first-order valence-corrected chi connectivity index (χ1v) is 8.86. The lowest BCUT2D eigenvalue weighted by Crippen LogP contribution is -2.52. The molecule has 5 heteroatoms. The molecule has 2 atom stereocenters. The van der Waals surface area contributed by atoms with Gasteiger partial charge in [-0.15, -0.1) is 0 Å². The molecule has 0 radical (unpaired) electrons. The Labute approximate surface area is 151 Å². The summed E-state index contributed by atoms with van der Waals surface area (Å²) >= 11 is 0. The summed E-state index contributed by atoms with van der Waals surface area (Å²) < 4.78 is 0. The SMILES string of the molecule is CC(C)C[C@H](N[C@H](CNC(=O)/C=C/c1ccccc1)C(C)C)C(N)=O. The standard InChI is InChI=1S/C20H31N3O2/c1-14(2)12-17(20(21)25)23-18(15(3)4)13-22-19(24)11-10-16-8-6-5-7-9-16/h5-11,14-15,17-18,23H,12-13H2,1-4H3,(H2,21,25)(H,22,24)/b11-10+/t17-,18+/m0/s1. The van der Waals surface area contributed by atoms with E-state index in [1.165, 1.54) is 6.08 Å². The second-order valence-corrected chi connectivity index (χ2v) is 7.09. The quantitative estimate of drug-likeness (QED) is 0.569. The minimum Gasteiger partial charge on any atom is -0.368 e. The van der Waals surface area contributed by atoms with Crippen LogP contribution in [0.3, 0.4) is 0 Å². The van der Waals surface area contributed by atoms with Crippen LogP contribution in [0.2, 0.25) is 0 Å². The highest BCUT2D eigenvalue weighted by Gasteiger charge is 2.23. The van der Waals surface area contributed by atoms with E-state index >= 15 is 0 Å². The Hall–Kier alpha value is -2.14. The van der Waals surface area contributed by atoms with Gasteiger partial charge in [-0.1, -0.05) is 58.0 Å². The van der Waals surface area contributed by atoms with Gasteiger partial charge >= 0.3 is 0 Å². The van der Waals surface area contributed by atoms with Crippen LogP contribution < -0.4 is 16.4 Å². The lowest BCUT2D eigenvalue weighted by molar-refractivity contribution is -0.120. The van der Waals surface area contributed by atoms with Crippen molar-refractivity contribution in [3.8, 4) is 0 Å². The Balaban J connectivity index is 2.58. The number of hydrogen-bond donors (Lipinski definition) is 3. The van der Waals surface area contributed by atoms with Crippen molar-refractivity contribution in [3.05, 3.63) is 42.0 Å². The summed E-state index contributed by atoms with van der Waals surface area (Å²) in [6.45, 7) is 8.65. The minimum atomic E-state index is -0.385. The lowest BCUT2D eigenvalue weighted by Gasteiger charge is -2.28. The van der Waals surface area contributed by atoms with Crippen LogP contribution in [0.25, 0.3) is 6.08 Å². The molecule has 0 bridgehead atoms. The van der Waals surface area contributed by atoms with Crippen LogP contribution in [0.4, 0.5) is 0 Å². The van der Waals surface area contributed by atoms with Gasteiger partial charge in [0.05, 0.1) is 6.04 Å². The predicted octanol–water partition coefficient (Wildman–Crippen LogP) is 2.33. The van der Waals surface area contributed by atoms with Crippen LogP contribution in [0.5, 0.6) is 0 Å². The number of nitrogens with one attached hydrogen (secondary N) is 2. The van der Waals surface area contributed by atoms with Crippen LogP contribution in [0.15, 0.2) is 36.4 Å². The first-order chi connectivity index (χ1) is 11.8. The molecule has 0 aliphatic rings. The third-order valence-electron chi connectivity index (χ3n) is 3.99. The number of carbonyl (C=O) groups excluding carboxylic acids is 2. The van der Waals surface area contributed by atoms with Crippen molar-refractivity contribution < 1.29 is 9.59 Å². The van der Waals surface area contributed by atoms with Crippen molar-refractivity contribution in [2.24, 2.45) is 17.6 Å². The first-order valence-electron chi connectivity index (χ1n) is 8.86. The van der Waals surface area contributed by atoms with E-state index in [1.54, 1.807) is 6.08 Å². The maximum atomic E-state index is 12.0. The van der Waals surface area contributed by atoms with Crippen LogP contribution in [0.1, 0.15) is 39.7 Å². The first kappa shape index (κ1) is 20.9. The van der Waals surface area contributed by atoms with Gasteiger partial charge in [0.15, 0.2) is 0 Å². The second-order valence-electron chi connectivity index (χ2n) is 7.09. The van der Waals surface area contributed by atoms with Crippen LogP contribution in [-0.4, -0.2) is 30.4 Å². The molecular formula is C20H31N3O2. The average molecular weight is 345 g/mol. The number of nitrogens with two attached hydrogens (primary N) is 1. The smallest absolute Gasteiger partial charge is 0.244 e. The number of carbonyl (C=O) groups is 2. The fraction of sp³-hybridized carbons (Fsp3) is 0.500. The van der Waals surface area contributed by atoms with E-state index in [1.807, 2.05) is 30.3 Å². The van der Waals surface area contributed by atoms with Gasteiger partial charge in [-0.2, -0.15) is 0 Å². The lowest BCUT2D eigenvalue weighted by atomic mass is 9.98. The molecule has 138 valence electrons. The normalized spacial score (nSPS) is 14.0. The summed E-state index contributed by atoms with van der Waals surface area (Å²) in [5, 5.41) is 6.19. The van der Waals surface area contributed by atoms with Crippen molar-refractivity contribution in [1.29, 1.82) is 0 Å². The molecule has 1 aromatic carbocycles. The molecule has 0 aliphatic heterocycles. The van der Waals surface area contributed by atoms with Crippen LogP contribution in [-0.2, 0) is 9.59 Å². The van der Waals surface area contributed by atoms with Crippen molar-refractivity contribution in [3.63, 3.8) is 0 Å². The van der Waals surface area contributed by atoms with E-state index < -0.39 is 0 Å². The van der Waals surface area contributed by atoms with Gasteiger partial charge in [0.2, 0.25) is 11.8 Å². The zero-order valence-corrected chi connectivity index (χ0v) is 15.7. The molecular weight excluding hydrogens is 314 g/mol. The Morgan fingerprint density at radius 1 is 1.12 bits per heavy atom. The molecule has 5 nitrogen and oxygen atoms in total. The van der Waals surface area contributed by atoms with E-state index in [2.05, 4.69) is 38.3 Å². The Morgan fingerprint density at radius 2 is 1.76 bits per heavy atom. The summed E-state index contributed by atoms with van der Waals surface area (Å²) in [4.78, 5) is 23.7. The molecule has 0 unspecified atom stereocenters. The molecule has 2 amide bonds. The summed E-state index contributed by atoms with van der Waals surface area (Å²) in [7, 11) is 0. The van der Waals surface area contributed by atoms with Gasteiger partial charge in [0.1, 0.15) is 0 Å². The molecule has 0 aromatic heterocycles. The molecule has 0 saturated carbocycles. The van der Waals surface area contributed by atoms with Gasteiger partial charge in [0, 0.05) is 18.7 Å². The van der Waals surface area contributed by atoms with Crippen molar-refractivity contribution >= 4 is 17.9 Å². The highest BCUT2D eigenvalue weighted by atomic mass is 16.2. The largest absolute Gasteiger partial charge is 0.368 e. The predicted molar refractivity (Wildman–Crippen MR) is 103 cm³/mol. The highest BCUT2D eigenvalue weighted by Crippen LogP contribution is 2.09. The number of primary amides is 1. The fourth-order valence-corrected chi connectivity index (χ4v) is 2.49. The van der Waals surface area contributed by atoms with Gasteiger partial charge in [0.25, 0.3) is 0 Å². The van der Waals surface area contributed by atoms with Crippen LogP contribution >= 0.6 is 0 Å². The van der Waals surface area contributed by atoms with E-state index in [9.17, 15) is 9.59 Å². The van der Waals surface area contributed by atoms with Gasteiger partial charge < -0.3 is 16.4 Å². The molecule has 0 fully saturated rings. The van der Waals surface area contributed by atoms with E-state index in [-0.39, 0.29) is 29.8 Å². The van der Waals surface area contributed by atoms with E-state index in [0.29, 0.717) is 18.9 Å². The fourth-order valence-electron chi connectivity index (χ4n) is 2.49. The van der Waals surface area contributed by atoms with Crippen molar-refractivity contribution in [1.82, 2.24) is 10.6 Å². The number of rotatable bonds is 10. The topological polar surface area (TPSA) is 84.2 Å². The third kappa shape index (κ3) is 8.49. The Morgan fingerprint density at radius 3 is 2.28 bits per heavy atom.